The number of hydrogen-bond donors (Lipinski definition) is 0. The molecule has 0 unspecified atom stereocenters. The highest BCUT2D eigenvalue weighted by Gasteiger charge is 2.19. The zero-order valence-corrected chi connectivity index (χ0v) is 18.0. The second kappa shape index (κ2) is 8.34. The first-order chi connectivity index (χ1) is 13.7. The van der Waals surface area contributed by atoms with Crippen LogP contribution in [0, 0.1) is 0 Å². The minimum atomic E-state index is -3.52. The van der Waals surface area contributed by atoms with Gasteiger partial charge in [0.25, 0.3) is 0 Å². The highest BCUT2D eigenvalue weighted by molar-refractivity contribution is 7.89. The molecule has 0 saturated carbocycles. The van der Waals surface area contributed by atoms with Crippen LogP contribution < -0.4 is 0 Å². The number of benzene rings is 2. The Labute approximate surface area is 171 Å². The molecular weight excluding hydrogens is 388 g/mol. The van der Waals surface area contributed by atoms with Crippen LogP contribution in [0.4, 0.5) is 0 Å². The Bertz CT molecular complexity index is 1120. The molecule has 0 spiro atoms. The van der Waals surface area contributed by atoms with E-state index in [4.69, 9.17) is 0 Å². The fraction of sp³-hybridized carbons (Fsp3) is 0.333. The lowest BCUT2D eigenvalue weighted by Crippen LogP contribution is -2.26. The maximum absolute atomic E-state index is 12.5. The van der Waals surface area contributed by atoms with Crippen molar-refractivity contribution in [1.82, 2.24) is 18.8 Å². The highest BCUT2D eigenvalue weighted by atomic mass is 32.2. The van der Waals surface area contributed by atoms with Gasteiger partial charge >= 0.3 is 0 Å². The number of nitrogens with zero attached hydrogens (tertiary/aromatic N) is 4. The molecule has 2 aromatic carbocycles. The molecule has 0 aliphatic carbocycles. The standard InChI is InChI=1S/C21H26N4O3S/c1-23(2)29(27,28)17-10-11-19-18(14-17)22-20(25(19)4)12-13-21(26)24(3)15-16-8-6-5-7-9-16/h5-11,14H,12-13,15H2,1-4H3. The summed E-state index contributed by atoms with van der Waals surface area (Å²) in [7, 11) is 3.16. The van der Waals surface area contributed by atoms with Crippen LogP contribution in [0.1, 0.15) is 17.8 Å². The first-order valence-electron chi connectivity index (χ1n) is 9.36. The molecule has 0 radical (unpaired) electrons. The van der Waals surface area contributed by atoms with E-state index in [1.54, 1.807) is 30.1 Å². The van der Waals surface area contributed by atoms with Crippen LogP contribution in [0.3, 0.4) is 0 Å². The third kappa shape index (κ3) is 4.49. The fourth-order valence-corrected chi connectivity index (χ4v) is 4.10. The molecule has 8 heteroatoms. The predicted molar refractivity (Wildman–Crippen MR) is 113 cm³/mol. The second-order valence-electron chi connectivity index (χ2n) is 7.26. The summed E-state index contributed by atoms with van der Waals surface area (Å²) in [6.07, 6.45) is 0.822. The number of fused-ring (bicyclic) bond motifs is 1. The number of sulfonamides is 1. The lowest BCUT2D eigenvalue weighted by atomic mass is 10.2. The molecule has 0 atom stereocenters. The van der Waals surface area contributed by atoms with Crippen molar-refractivity contribution in [2.45, 2.75) is 24.3 Å². The first-order valence-corrected chi connectivity index (χ1v) is 10.8. The molecular formula is C21H26N4O3S. The van der Waals surface area contributed by atoms with Gasteiger partial charge in [0, 0.05) is 47.6 Å². The zero-order valence-electron chi connectivity index (χ0n) is 17.2. The molecule has 29 heavy (non-hydrogen) atoms. The SMILES string of the molecule is CN(Cc1ccccc1)C(=O)CCc1nc2cc(S(=O)(=O)N(C)C)ccc2n1C. The lowest BCUT2D eigenvalue weighted by Gasteiger charge is -2.17. The average molecular weight is 415 g/mol. The van der Waals surface area contributed by atoms with Gasteiger partial charge in [-0.3, -0.25) is 4.79 Å². The molecule has 0 aliphatic heterocycles. The van der Waals surface area contributed by atoms with Gasteiger partial charge in [0.2, 0.25) is 15.9 Å². The van der Waals surface area contributed by atoms with Gasteiger partial charge < -0.3 is 9.47 Å². The molecule has 3 aromatic rings. The highest BCUT2D eigenvalue weighted by Crippen LogP contribution is 2.22. The largest absolute Gasteiger partial charge is 0.341 e. The van der Waals surface area contributed by atoms with Crippen LogP contribution in [0.25, 0.3) is 11.0 Å². The van der Waals surface area contributed by atoms with Gasteiger partial charge in [-0.2, -0.15) is 0 Å². The molecule has 7 nitrogen and oxygen atoms in total. The van der Waals surface area contributed by atoms with Crippen LogP contribution in [-0.4, -0.2) is 54.2 Å². The Morgan fingerprint density at radius 2 is 1.76 bits per heavy atom. The molecule has 1 heterocycles. The molecule has 3 rings (SSSR count). The van der Waals surface area contributed by atoms with E-state index >= 15 is 0 Å². The van der Waals surface area contributed by atoms with Crippen molar-refractivity contribution in [2.24, 2.45) is 7.05 Å². The van der Waals surface area contributed by atoms with Gasteiger partial charge in [-0.25, -0.2) is 17.7 Å². The number of hydrogen-bond acceptors (Lipinski definition) is 4. The normalized spacial score (nSPS) is 11.9. The summed E-state index contributed by atoms with van der Waals surface area (Å²) >= 11 is 0. The van der Waals surface area contributed by atoms with E-state index in [1.807, 2.05) is 41.9 Å². The van der Waals surface area contributed by atoms with Crippen LogP contribution in [0.2, 0.25) is 0 Å². The molecule has 0 N–H and O–H groups in total. The summed E-state index contributed by atoms with van der Waals surface area (Å²) in [5.41, 5.74) is 2.53. The van der Waals surface area contributed by atoms with E-state index in [0.29, 0.717) is 24.9 Å². The summed E-state index contributed by atoms with van der Waals surface area (Å²) in [6.45, 7) is 0.563. The van der Waals surface area contributed by atoms with Crippen LogP contribution in [0.15, 0.2) is 53.4 Å². The average Bonchev–Trinajstić information content (AvgIpc) is 3.01. The molecule has 0 saturated heterocycles. The van der Waals surface area contributed by atoms with Crippen molar-refractivity contribution in [3.8, 4) is 0 Å². The van der Waals surface area contributed by atoms with Crippen LogP contribution in [0.5, 0.6) is 0 Å². The van der Waals surface area contributed by atoms with E-state index in [-0.39, 0.29) is 10.8 Å². The molecule has 1 amide bonds. The smallest absolute Gasteiger partial charge is 0.242 e. The van der Waals surface area contributed by atoms with Crippen molar-refractivity contribution in [3.05, 3.63) is 59.9 Å². The number of aryl methyl sites for hydroxylation is 2. The molecule has 1 aromatic heterocycles. The van der Waals surface area contributed by atoms with Crippen molar-refractivity contribution in [3.63, 3.8) is 0 Å². The number of aromatic nitrogens is 2. The number of amides is 1. The van der Waals surface area contributed by atoms with Crippen molar-refractivity contribution < 1.29 is 13.2 Å². The lowest BCUT2D eigenvalue weighted by molar-refractivity contribution is -0.130. The van der Waals surface area contributed by atoms with E-state index in [1.165, 1.54) is 18.4 Å². The van der Waals surface area contributed by atoms with Crippen LogP contribution >= 0.6 is 0 Å². The van der Waals surface area contributed by atoms with Gasteiger partial charge in [0.05, 0.1) is 15.9 Å². The van der Waals surface area contributed by atoms with Gasteiger partial charge in [-0.15, -0.1) is 0 Å². The van der Waals surface area contributed by atoms with E-state index in [2.05, 4.69) is 4.98 Å². The summed E-state index contributed by atoms with van der Waals surface area (Å²) in [5, 5.41) is 0. The van der Waals surface area contributed by atoms with Crippen molar-refractivity contribution in [1.29, 1.82) is 0 Å². The summed E-state index contributed by atoms with van der Waals surface area (Å²) in [5.74, 6) is 0.789. The van der Waals surface area contributed by atoms with E-state index in [9.17, 15) is 13.2 Å². The Kier molecular flexibility index (Phi) is 6.04. The summed E-state index contributed by atoms with van der Waals surface area (Å²) < 4.78 is 27.8. The van der Waals surface area contributed by atoms with Crippen LogP contribution in [-0.2, 0) is 34.8 Å². The molecule has 0 fully saturated rings. The maximum Gasteiger partial charge on any atom is 0.242 e. The molecule has 0 aliphatic rings. The number of carbonyl (C=O) groups excluding carboxylic acids is 1. The van der Waals surface area contributed by atoms with Crippen molar-refractivity contribution >= 4 is 27.0 Å². The monoisotopic (exact) mass is 414 g/mol. The third-order valence-corrected chi connectivity index (χ3v) is 6.79. The molecule has 154 valence electrons. The summed E-state index contributed by atoms with van der Waals surface area (Å²) in [6, 6.07) is 14.8. The quantitative estimate of drug-likeness (QED) is 0.595. The Hall–Kier alpha value is -2.71. The Morgan fingerprint density at radius 1 is 1.07 bits per heavy atom. The number of imidazole rings is 1. The van der Waals surface area contributed by atoms with E-state index < -0.39 is 10.0 Å². The van der Waals surface area contributed by atoms with Gasteiger partial charge in [-0.05, 0) is 23.8 Å². The Balaban J connectivity index is 1.73. The van der Waals surface area contributed by atoms with Gasteiger partial charge in [-0.1, -0.05) is 30.3 Å². The first kappa shape index (κ1) is 21.0. The Morgan fingerprint density at radius 3 is 2.41 bits per heavy atom. The molecule has 0 bridgehead atoms. The number of carbonyl (C=O) groups is 1. The maximum atomic E-state index is 12.5. The third-order valence-electron chi connectivity index (χ3n) is 4.97. The summed E-state index contributed by atoms with van der Waals surface area (Å²) in [4.78, 5) is 19.0. The van der Waals surface area contributed by atoms with Gasteiger partial charge in [0.1, 0.15) is 5.82 Å². The van der Waals surface area contributed by atoms with Crippen molar-refractivity contribution in [2.75, 3.05) is 21.1 Å². The minimum absolute atomic E-state index is 0.0387. The topological polar surface area (TPSA) is 75.5 Å². The predicted octanol–water partition coefficient (Wildman–Crippen LogP) is 2.41. The van der Waals surface area contributed by atoms with E-state index in [0.717, 1.165) is 16.9 Å². The van der Waals surface area contributed by atoms with Gasteiger partial charge in [0.15, 0.2) is 0 Å². The number of rotatable bonds is 7. The zero-order chi connectivity index (χ0) is 21.2. The second-order valence-corrected chi connectivity index (χ2v) is 9.41. The fourth-order valence-electron chi connectivity index (χ4n) is 3.18. The minimum Gasteiger partial charge on any atom is -0.341 e.